The number of amides is 1. The van der Waals surface area contributed by atoms with Crippen LogP contribution < -0.4 is 5.32 Å². The molecule has 59 heavy (non-hydrogen) atoms. The number of fused-ring (bicyclic) bond motifs is 5. The van der Waals surface area contributed by atoms with E-state index in [1.54, 1.807) is 90.1 Å². The minimum absolute atomic E-state index is 0.0521. The van der Waals surface area contributed by atoms with E-state index in [1.165, 1.54) is 26.2 Å². The molecule has 4 aliphatic rings. The van der Waals surface area contributed by atoms with Crippen LogP contribution in [-0.2, 0) is 42.8 Å². The zero-order valence-electron chi connectivity index (χ0n) is 34.8. The molecule has 320 valence electrons. The van der Waals surface area contributed by atoms with E-state index in [0.717, 1.165) is 6.92 Å². The fourth-order valence-electron chi connectivity index (χ4n) is 9.69. The SMILES string of the molecule is CO[C@@]12CO[C@@H]1C[C@H](O)[C@@]1(C)C(=O)[C@H](OC(C)=O)C3=C(C)[C@@H](OC(=O)[C@H](O)[C@@H](NC(=O)OC(C)(C)C)c4ccccc4)C[C@@](O)([C@@H](OC(=O)c4ccccc4)[C@H]21)C3(C)C. The van der Waals surface area contributed by atoms with Gasteiger partial charge in [-0.05, 0) is 63.5 Å². The van der Waals surface area contributed by atoms with Gasteiger partial charge in [0.25, 0.3) is 0 Å². The van der Waals surface area contributed by atoms with Crippen molar-refractivity contribution < 1.29 is 67.7 Å². The molecule has 4 N–H and O–H groups in total. The quantitative estimate of drug-likeness (QED) is 0.161. The summed E-state index contributed by atoms with van der Waals surface area (Å²) in [5, 5.41) is 39.8. The number of aliphatic hydroxyl groups is 3. The van der Waals surface area contributed by atoms with Crippen LogP contribution in [0.3, 0.4) is 0 Å². The Morgan fingerprint density at radius 2 is 1.56 bits per heavy atom. The maximum absolute atomic E-state index is 15.4. The molecule has 3 fully saturated rings. The minimum atomic E-state index is -2.27. The average molecular weight is 822 g/mol. The van der Waals surface area contributed by atoms with Crippen molar-refractivity contribution in [1.82, 2.24) is 5.32 Å². The number of carbonyl (C=O) groups is 5. The minimum Gasteiger partial charge on any atom is -0.456 e. The number of aliphatic hydroxyl groups excluding tert-OH is 2. The summed E-state index contributed by atoms with van der Waals surface area (Å²) in [7, 11) is 1.41. The lowest BCUT2D eigenvalue weighted by Gasteiger charge is -2.67. The van der Waals surface area contributed by atoms with Crippen LogP contribution in [-0.4, -0.2) is 112 Å². The van der Waals surface area contributed by atoms with E-state index in [1.807, 2.05) is 0 Å². The Bertz CT molecular complexity index is 1990. The van der Waals surface area contributed by atoms with Crippen molar-refractivity contribution in [2.45, 2.75) is 128 Å². The van der Waals surface area contributed by atoms with Gasteiger partial charge in [0, 0.05) is 38.2 Å². The number of ether oxygens (including phenoxy) is 6. The number of hydrogen-bond acceptors (Lipinski definition) is 14. The number of alkyl carbamates (subject to hydrolysis) is 1. The fourth-order valence-corrected chi connectivity index (χ4v) is 9.69. The summed E-state index contributed by atoms with van der Waals surface area (Å²) in [6.07, 6.45) is -10.5. The highest BCUT2D eigenvalue weighted by Crippen LogP contribution is 2.64. The molecule has 1 amide bonds. The Morgan fingerprint density at radius 1 is 0.949 bits per heavy atom. The van der Waals surface area contributed by atoms with Gasteiger partial charge in [-0.1, -0.05) is 62.4 Å². The van der Waals surface area contributed by atoms with Gasteiger partial charge in [-0.2, -0.15) is 0 Å². The van der Waals surface area contributed by atoms with Crippen molar-refractivity contribution in [3.8, 4) is 0 Å². The normalized spacial score (nSPS) is 33.3. The summed E-state index contributed by atoms with van der Waals surface area (Å²) < 4.78 is 35.8. The number of nitrogens with one attached hydrogen (secondary N) is 1. The maximum atomic E-state index is 15.4. The second-order valence-corrected chi connectivity index (χ2v) is 17.8. The molecule has 6 rings (SSSR count). The molecule has 1 aliphatic heterocycles. The molecule has 15 heteroatoms. The molecule has 1 saturated heterocycles. The van der Waals surface area contributed by atoms with E-state index < -0.39 is 112 Å². The van der Waals surface area contributed by atoms with Crippen LogP contribution in [0.2, 0.25) is 0 Å². The molecular formula is C44H55NO14. The van der Waals surface area contributed by atoms with Crippen molar-refractivity contribution in [1.29, 1.82) is 0 Å². The molecule has 0 aromatic heterocycles. The van der Waals surface area contributed by atoms with Gasteiger partial charge >= 0.3 is 24.0 Å². The predicted molar refractivity (Wildman–Crippen MR) is 208 cm³/mol. The molecule has 1 heterocycles. The number of methoxy groups -OCH3 is 1. The summed E-state index contributed by atoms with van der Waals surface area (Å²) in [5.41, 5.74) is -7.31. The van der Waals surface area contributed by atoms with Crippen LogP contribution in [0.25, 0.3) is 0 Å². The third kappa shape index (κ3) is 7.45. The third-order valence-corrected chi connectivity index (χ3v) is 12.9. The highest BCUT2D eigenvalue weighted by molar-refractivity contribution is 5.95. The number of ketones is 1. The van der Waals surface area contributed by atoms with Gasteiger partial charge in [0.2, 0.25) is 0 Å². The molecule has 2 bridgehead atoms. The van der Waals surface area contributed by atoms with Gasteiger partial charge in [0.05, 0.1) is 35.8 Å². The Kier molecular flexibility index (Phi) is 11.7. The van der Waals surface area contributed by atoms with Crippen molar-refractivity contribution in [2.24, 2.45) is 16.7 Å². The van der Waals surface area contributed by atoms with E-state index in [2.05, 4.69) is 5.32 Å². The van der Waals surface area contributed by atoms with E-state index >= 15 is 4.79 Å². The molecule has 0 radical (unpaired) electrons. The zero-order valence-corrected chi connectivity index (χ0v) is 34.8. The van der Waals surface area contributed by atoms with Gasteiger partial charge in [-0.3, -0.25) is 9.59 Å². The number of rotatable bonds is 9. The summed E-state index contributed by atoms with van der Waals surface area (Å²) in [4.78, 5) is 69.6. The number of carbonyl (C=O) groups excluding carboxylic acids is 5. The molecule has 0 spiro atoms. The van der Waals surface area contributed by atoms with Gasteiger partial charge < -0.3 is 49.1 Å². The fraction of sp³-hybridized carbons (Fsp3) is 0.568. The predicted octanol–water partition coefficient (Wildman–Crippen LogP) is 3.91. The van der Waals surface area contributed by atoms with Crippen LogP contribution in [0.5, 0.6) is 0 Å². The van der Waals surface area contributed by atoms with Gasteiger partial charge in [0.15, 0.2) is 18.0 Å². The topological polar surface area (TPSA) is 213 Å². The third-order valence-electron chi connectivity index (χ3n) is 12.9. The molecular weight excluding hydrogens is 766 g/mol. The molecule has 3 aliphatic carbocycles. The van der Waals surface area contributed by atoms with Crippen LogP contribution in [0.4, 0.5) is 4.79 Å². The smallest absolute Gasteiger partial charge is 0.408 e. The molecule has 15 nitrogen and oxygen atoms in total. The first-order chi connectivity index (χ1) is 27.5. The first kappa shape index (κ1) is 43.9. The molecule has 11 atom stereocenters. The van der Waals surface area contributed by atoms with Crippen molar-refractivity contribution in [3.63, 3.8) is 0 Å². The van der Waals surface area contributed by atoms with E-state index in [-0.39, 0.29) is 29.7 Å². The van der Waals surface area contributed by atoms with Crippen molar-refractivity contribution in [3.05, 3.63) is 82.9 Å². The number of benzene rings is 2. The maximum Gasteiger partial charge on any atom is 0.408 e. The Labute approximate surface area is 343 Å². The van der Waals surface area contributed by atoms with Crippen LogP contribution in [0.1, 0.15) is 90.2 Å². The van der Waals surface area contributed by atoms with Crippen LogP contribution in [0, 0.1) is 16.7 Å². The van der Waals surface area contributed by atoms with E-state index in [4.69, 9.17) is 28.4 Å². The molecule has 2 aromatic rings. The highest BCUT2D eigenvalue weighted by Gasteiger charge is 2.77. The lowest BCUT2D eigenvalue weighted by Crippen LogP contribution is -2.81. The number of hydrogen-bond donors (Lipinski definition) is 4. The lowest BCUT2D eigenvalue weighted by atomic mass is 9.44. The van der Waals surface area contributed by atoms with Gasteiger partial charge in [0.1, 0.15) is 29.0 Å². The number of esters is 3. The molecule has 2 saturated carbocycles. The van der Waals surface area contributed by atoms with Crippen LogP contribution in [0.15, 0.2) is 71.8 Å². The second-order valence-electron chi connectivity index (χ2n) is 17.8. The lowest BCUT2D eigenvalue weighted by molar-refractivity contribution is -0.350. The summed E-state index contributed by atoms with van der Waals surface area (Å²) in [6.45, 7) is 12.2. The number of Topliss-reactive ketones (excluding diaryl/α,β-unsaturated/α-hetero) is 1. The first-order valence-electron chi connectivity index (χ1n) is 19.7. The monoisotopic (exact) mass is 821 g/mol. The standard InChI is InChI=1S/C44H55NO14/c1-23-27(57-38(51)32(48)31(25-16-12-10-13-17-25)45-39(52)59-40(3,4)5)21-44(53)36(58-37(50)26-18-14-11-15-19-26)34-42(8,28(47)20-29-43(34,54-9)22-55-29)35(49)33(56-24(2)46)30(23)41(44,6)7/h10-19,27-29,31-34,36,47-48,53H,20-22H2,1-9H3,(H,45,52)/t27-,28-,29+,31-,32+,33+,34-,36-,42+,43-,44+/m0/s1. The Balaban J connectivity index is 1.51. The van der Waals surface area contributed by atoms with Gasteiger partial charge in [-0.25, -0.2) is 14.4 Å². The summed E-state index contributed by atoms with van der Waals surface area (Å²) in [5.74, 6) is -5.00. The average Bonchev–Trinajstić information content (AvgIpc) is 3.16. The van der Waals surface area contributed by atoms with Gasteiger partial charge in [-0.15, -0.1) is 0 Å². The molecule has 2 aromatic carbocycles. The largest absolute Gasteiger partial charge is 0.456 e. The first-order valence-corrected chi connectivity index (χ1v) is 19.7. The second kappa shape index (κ2) is 15.7. The Hall–Kier alpha value is -4.67. The zero-order chi connectivity index (χ0) is 43.5. The molecule has 0 unspecified atom stereocenters. The van der Waals surface area contributed by atoms with Crippen LogP contribution >= 0.6 is 0 Å². The van der Waals surface area contributed by atoms with Crippen molar-refractivity contribution in [2.75, 3.05) is 13.7 Å². The summed E-state index contributed by atoms with van der Waals surface area (Å²) in [6, 6.07) is 14.9. The van der Waals surface area contributed by atoms with E-state index in [0.29, 0.717) is 5.56 Å². The van der Waals surface area contributed by atoms with Crippen molar-refractivity contribution >= 4 is 29.8 Å². The highest BCUT2D eigenvalue weighted by atomic mass is 16.6. The Morgan fingerprint density at radius 3 is 2.10 bits per heavy atom. The summed E-state index contributed by atoms with van der Waals surface area (Å²) >= 11 is 0. The van der Waals surface area contributed by atoms with E-state index in [9.17, 15) is 34.5 Å².